The van der Waals surface area contributed by atoms with Crippen LogP contribution in [0.4, 0.5) is 11.4 Å². The van der Waals surface area contributed by atoms with Crippen LogP contribution in [0.1, 0.15) is 6.92 Å². The van der Waals surface area contributed by atoms with E-state index in [1.807, 2.05) is 30.3 Å². The van der Waals surface area contributed by atoms with Gasteiger partial charge in [-0.1, -0.05) is 42.5 Å². The first-order chi connectivity index (χ1) is 15.0. The molecule has 3 aromatic rings. The van der Waals surface area contributed by atoms with E-state index in [4.69, 9.17) is 9.47 Å². The second kappa shape index (κ2) is 8.69. The van der Waals surface area contributed by atoms with Crippen molar-refractivity contribution >= 4 is 27.3 Å². The van der Waals surface area contributed by atoms with Gasteiger partial charge in [-0.05, 0) is 43.3 Å². The number of benzene rings is 3. The molecule has 7 nitrogen and oxygen atoms in total. The van der Waals surface area contributed by atoms with Crippen molar-refractivity contribution in [2.45, 2.75) is 13.0 Å². The lowest BCUT2D eigenvalue weighted by Gasteiger charge is -2.34. The zero-order valence-corrected chi connectivity index (χ0v) is 17.7. The summed E-state index contributed by atoms with van der Waals surface area (Å²) in [6.45, 7) is 1.46. The van der Waals surface area contributed by atoms with E-state index in [2.05, 4.69) is 5.32 Å². The molecule has 1 N–H and O–H groups in total. The third-order valence-electron chi connectivity index (χ3n) is 4.84. The standard InChI is InChI=1S/C23H22N2O5S/c1-2-31(27,28)25-16-22(30-21-15-9-7-13-19(21)25)23(26)24-18-12-6-8-14-20(18)29-17-10-4-3-5-11-17/h3-15,22H,2,16H2,1H3,(H,24,26)/t22-/m1/s1. The average molecular weight is 439 g/mol. The van der Waals surface area contributed by atoms with E-state index in [1.165, 1.54) is 4.31 Å². The molecular weight excluding hydrogens is 416 g/mol. The van der Waals surface area contributed by atoms with Gasteiger partial charge in [0.05, 0.1) is 23.7 Å². The molecule has 1 aliphatic heterocycles. The first-order valence-corrected chi connectivity index (χ1v) is 11.5. The van der Waals surface area contributed by atoms with Gasteiger partial charge in [-0.3, -0.25) is 9.10 Å². The van der Waals surface area contributed by atoms with E-state index in [0.29, 0.717) is 28.6 Å². The third kappa shape index (κ3) is 4.49. The Kier molecular flexibility index (Phi) is 5.81. The number of hydrogen-bond acceptors (Lipinski definition) is 5. The number of nitrogens with zero attached hydrogens (tertiary/aromatic N) is 1. The Morgan fingerprint density at radius 2 is 1.71 bits per heavy atom. The minimum Gasteiger partial charge on any atom is -0.476 e. The van der Waals surface area contributed by atoms with Gasteiger partial charge >= 0.3 is 0 Å². The molecule has 160 valence electrons. The molecule has 0 fully saturated rings. The van der Waals surface area contributed by atoms with Crippen LogP contribution >= 0.6 is 0 Å². The number of amides is 1. The fourth-order valence-corrected chi connectivity index (χ4v) is 4.37. The molecule has 0 aromatic heterocycles. The van der Waals surface area contributed by atoms with Gasteiger partial charge in [0, 0.05) is 0 Å². The SMILES string of the molecule is CCS(=O)(=O)N1C[C@H](C(=O)Nc2ccccc2Oc2ccccc2)Oc2ccccc21. The van der Waals surface area contributed by atoms with Gasteiger partial charge in [-0.2, -0.15) is 0 Å². The number of rotatable bonds is 6. The van der Waals surface area contributed by atoms with Crippen molar-refractivity contribution in [3.05, 3.63) is 78.9 Å². The minimum atomic E-state index is -3.57. The second-order valence-electron chi connectivity index (χ2n) is 6.91. The molecule has 0 aliphatic carbocycles. The largest absolute Gasteiger partial charge is 0.476 e. The van der Waals surface area contributed by atoms with E-state index in [9.17, 15) is 13.2 Å². The summed E-state index contributed by atoms with van der Waals surface area (Å²) in [5.41, 5.74) is 0.893. The predicted octanol–water partition coefficient (Wildman–Crippen LogP) is 4.03. The van der Waals surface area contributed by atoms with E-state index in [1.54, 1.807) is 55.5 Å². The maximum absolute atomic E-state index is 13.0. The van der Waals surface area contributed by atoms with Crippen LogP contribution in [0.25, 0.3) is 0 Å². The number of fused-ring (bicyclic) bond motifs is 1. The normalized spacial score (nSPS) is 15.5. The van der Waals surface area contributed by atoms with Crippen molar-refractivity contribution in [1.29, 1.82) is 0 Å². The molecular formula is C23H22N2O5S. The monoisotopic (exact) mass is 438 g/mol. The Morgan fingerprint density at radius 1 is 1.03 bits per heavy atom. The third-order valence-corrected chi connectivity index (χ3v) is 6.59. The Hall–Kier alpha value is -3.52. The van der Waals surface area contributed by atoms with Crippen LogP contribution in [0.2, 0.25) is 0 Å². The summed E-state index contributed by atoms with van der Waals surface area (Å²) in [5, 5.41) is 2.81. The highest BCUT2D eigenvalue weighted by Gasteiger charge is 2.36. The molecule has 1 atom stereocenters. The van der Waals surface area contributed by atoms with Gasteiger partial charge in [0.1, 0.15) is 11.5 Å². The zero-order chi connectivity index (χ0) is 21.8. The Morgan fingerprint density at radius 3 is 2.48 bits per heavy atom. The van der Waals surface area contributed by atoms with Gasteiger partial charge < -0.3 is 14.8 Å². The molecule has 0 radical (unpaired) electrons. The number of carbonyl (C=O) groups excluding carboxylic acids is 1. The molecule has 0 unspecified atom stereocenters. The molecule has 1 amide bonds. The summed E-state index contributed by atoms with van der Waals surface area (Å²) in [4.78, 5) is 13.0. The van der Waals surface area contributed by atoms with Gasteiger partial charge in [0.2, 0.25) is 10.0 Å². The van der Waals surface area contributed by atoms with E-state index >= 15 is 0 Å². The van der Waals surface area contributed by atoms with Crippen LogP contribution in [0, 0.1) is 0 Å². The maximum atomic E-state index is 13.0. The van der Waals surface area contributed by atoms with Crippen molar-refractivity contribution in [3.63, 3.8) is 0 Å². The molecule has 8 heteroatoms. The summed E-state index contributed by atoms with van der Waals surface area (Å²) in [6.07, 6.45) is -1.01. The summed E-state index contributed by atoms with van der Waals surface area (Å²) in [6, 6.07) is 23.0. The lowest BCUT2D eigenvalue weighted by Crippen LogP contribution is -2.49. The van der Waals surface area contributed by atoms with Crippen LogP contribution in [0.5, 0.6) is 17.2 Å². The number of carbonyl (C=O) groups is 1. The summed E-state index contributed by atoms with van der Waals surface area (Å²) < 4.78 is 38.2. The first kappa shape index (κ1) is 20.7. The Balaban J connectivity index is 1.57. The first-order valence-electron chi connectivity index (χ1n) is 9.87. The summed E-state index contributed by atoms with van der Waals surface area (Å²) >= 11 is 0. The van der Waals surface area contributed by atoms with Crippen molar-refractivity contribution in [1.82, 2.24) is 0 Å². The van der Waals surface area contributed by atoms with Crippen molar-refractivity contribution in [3.8, 4) is 17.2 Å². The molecule has 0 spiro atoms. The number of hydrogen-bond donors (Lipinski definition) is 1. The molecule has 1 heterocycles. The fourth-order valence-electron chi connectivity index (χ4n) is 3.25. The van der Waals surface area contributed by atoms with E-state index < -0.39 is 22.0 Å². The number of nitrogens with one attached hydrogen (secondary N) is 1. The molecule has 0 saturated heterocycles. The molecule has 4 rings (SSSR count). The van der Waals surface area contributed by atoms with Crippen LogP contribution in [-0.4, -0.2) is 32.7 Å². The number of ether oxygens (including phenoxy) is 2. The molecule has 0 bridgehead atoms. The lowest BCUT2D eigenvalue weighted by atomic mass is 10.2. The van der Waals surface area contributed by atoms with E-state index in [0.717, 1.165) is 0 Å². The van der Waals surface area contributed by atoms with Crippen LogP contribution in [-0.2, 0) is 14.8 Å². The van der Waals surface area contributed by atoms with Crippen molar-refractivity contribution in [2.24, 2.45) is 0 Å². The topological polar surface area (TPSA) is 84.9 Å². The summed E-state index contributed by atoms with van der Waals surface area (Å²) in [7, 11) is -3.57. The highest BCUT2D eigenvalue weighted by Crippen LogP contribution is 2.36. The molecule has 31 heavy (non-hydrogen) atoms. The van der Waals surface area contributed by atoms with Gasteiger partial charge in [-0.15, -0.1) is 0 Å². The molecule has 3 aromatic carbocycles. The van der Waals surface area contributed by atoms with E-state index in [-0.39, 0.29) is 12.3 Å². The van der Waals surface area contributed by atoms with Gasteiger partial charge in [0.15, 0.2) is 11.9 Å². The van der Waals surface area contributed by atoms with Gasteiger partial charge in [0.25, 0.3) is 5.91 Å². The zero-order valence-electron chi connectivity index (χ0n) is 16.9. The van der Waals surface area contributed by atoms with Gasteiger partial charge in [-0.25, -0.2) is 8.42 Å². The molecule has 0 saturated carbocycles. The lowest BCUT2D eigenvalue weighted by molar-refractivity contribution is -0.122. The van der Waals surface area contributed by atoms with Crippen LogP contribution in [0.15, 0.2) is 78.9 Å². The quantitative estimate of drug-likeness (QED) is 0.628. The number of sulfonamides is 1. The predicted molar refractivity (Wildman–Crippen MR) is 119 cm³/mol. The number of anilines is 2. The smallest absolute Gasteiger partial charge is 0.267 e. The van der Waals surface area contributed by atoms with Crippen LogP contribution < -0.4 is 19.1 Å². The van der Waals surface area contributed by atoms with Crippen molar-refractivity contribution in [2.75, 3.05) is 21.9 Å². The average Bonchev–Trinajstić information content (AvgIpc) is 2.80. The fraction of sp³-hybridized carbons (Fsp3) is 0.174. The Labute approximate surface area is 181 Å². The Bertz CT molecular complexity index is 1180. The van der Waals surface area contributed by atoms with Crippen molar-refractivity contribution < 1.29 is 22.7 Å². The maximum Gasteiger partial charge on any atom is 0.267 e. The second-order valence-corrected chi connectivity index (χ2v) is 9.09. The number of para-hydroxylation sites is 5. The highest BCUT2D eigenvalue weighted by atomic mass is 32.2. The molecule has 1 aliphatic rings. The minimum absolute atomic E-state index is 0.0799. The highest BCUT2D eigenvalue weighted by molar-refractivity contribution is 7.92. The summed E-state index contributed by atoms with van der Waals surface area (Å²) in [5.74, 6) is 0.905. The van der Waals surface area contributed by atoms with Crippen LogP contribution in [0.3, 0.4) is 0 Å².